The number of esters is 1. The highest BCUT2D eigenvalue weighted by Crippen LogP contribution is 2.62. The zero-order valence-corrected chi connectivity index (χ0v) is 9.13. The topological polar surface area (TPSA) is 38.8 Å². The van der Waals surface area contributed by atoms with Crippen LogP contribution in [0.3, 0.4) is 0 Å². The summed E-state index contributed by atoms with van der Waals surface area (Å²) in [5.41, 5.74) is -0.719. The Morgan fingerprint density at radius 1 is 1.50 bits per heavy atom. The van der Waals surface area contributed by atoms with Crippen LogP contribution in [0, 0.1) is 0 Å². The molecule has 0 radical (unpaired) electrons. The number of hydrogen-bond acceptors (Lipinski definition) is 3. The Morgan fingerprint density at radius 3 is 2.43 bits per heavy atom. The molecule has 1 atom stereocenters. The van der Waals surface area contributed by atoms with Crippen molar-refractivity contribution in [3.8, 4) is 0 Å². The third-order valence-corrected chi connectivity index (χ3v) is 3.40. The molecule has 0 N–H and O–H groups in total. The van der Waals surface area contributed by atoms with E-state index in [1.54, 1.807) is 0 Å². The molecule has 0 amide bonds. The monoisotopic (exact) mass is 198 g/mol. The van der Waals surface area contributed by atoms with Crippen LogP contribution in [0.2, 0.25) is 0 Å². The van der Waals surface area contributed by atoms with Crippen molar-refractivity contribution in [2.45, 2.75) is 63.8 Å². The Bertz CT molecular complexity index is 255. The van der Waals surface area contributed by atoms with Gasteiger partial charge in [-0.05, 0) is 39.5 Å². The molecule has 1 aliphatic carbocycles. The molecule has 1 unspecified atom stereocenters. The molecule has 1 saturated heterocycles. The standard InChI is InChI=1S/C11H18O3/c1-4-11(9(12)13-8(2)3)10(14-11)6-5-7-10/h8H,4-7H2,1-3H3. The quantitative estimate of drug-likeness (QED) is 0.514. The highest BCUT2D eigenvalue weighted by atomic mass is 16.7. The first-order valence-electron chi connectivity index (χ1n) is 5.47. The Kier molecular flexibility index (Phi) is 2.11. The minimum absolute atomic E-state index is 0.0488. The van der Waals surface area contributed by atoms with Crippen LogP contribution in [0.1, 0.15) is 46.5 Å². The lowest BCUT2D eigenvalue weighted by Crippen LogP contribution is -2.40. The molecule has 14 heavy (non-hydrogen) atoms. The van der Waals surface area contributed by atoms with Gasteiger partial charge in [0, 0.05) is 0 Å². The third-order valence-electron chi connectivity index (χ3n) is 3.40. The van der Waals surface area contributed by atoms with Crippen LogP contribution in [0.5, 0.6) is 0 Å². The van der Waals surface area contributed by atoms with E-state index in [0.29, 0.717) is 0 Å². The van der Waals surface area contributed by atoms with Gasteiger partial charge in [-0.3, -0.25) is 0 Å². The molecule has 1 saturated carbocycles. The second kappa shape index (κ2) is 2.96. The summed E-state index contributed by atoms with van der Waals surface area (Å²) in [6.45, 7) is 5.74. The Morgan fingerprint density at radius 2 is 2.14 bits per heavy atom. The number of carbonyl (C=O) groups excluding carboxylic acids is 1. The van der Waals surface area contributed by atoms with Gasteiger partial charge >= 0.3 is 5.97 Å². The van der Waals surface area contributed by atoms with E-state index >= 15 is 0 Å². The maximum Gasteiger partial charge on any atom is 0.341 e. The minimum Gasteiger partial charge on any atom is -0.461 e. The van der Waals surface area contributed by atoms with Gasteiger partial charge in [0.05, 0.1) is 6.10 Å². The molecule has 1 heterocycles. The van der Waals surface area contributed by atoms with Crippen LogP contribution >= 0.6 is 0 Å². The fraction of sp³-hybridized carbons (Fsp3) is 0.909. The van der Waals surface area contributed by atoms with E-state index in [4.69, 9.17) is 9.47 Å². The van der Waals surface area contributed by atoms with Crippen molar-refractivity contribution in [3.05, 3.63) is 0 Å². The molecule has 3 nitrogen and oxygen atoms in total. The highest BCUT2D eigenvalue weighted by molar-refractivity contribution is 5.85. The average Bonchev–Trinajstić information content (AvgIpc) is 2.72. The zero-order valence-electron chi connectivity index (χ0n) is 9.13. The van der Waals surface area contributed by atoms with Gasteiger partial charge in [-0.1, -0.05) is 6.92 Å². The van der Waals surface area contributed by atoms with Crippen LogP contribution in [0.25, 0.3) is 0 Å². The first kappa shape index (κ1) is 9.97. The van der Waals surface area contributed by atoms with E-state index in [9.17, 15) is 4.79 Å². The van der Waals surface area contributed by atoms with E-state index in [-0.39, 0.29) is 17.7 Å². The molecule has 2 aliphatic rings. The maximum atomic E-state index is 11.8. The van der Waals surface area contributed by atoms with Gasteiger partial charge in [0.25, 0.3) is 0 Å². The summed E-state index contributed by atoms with van der Waals surface area (Å²) < 4.78 is 10.9. The predicted octanol–water partition coefficient (Wildman–Crippen LogP) is 2.04. The summed E-state index contributed by atoms with van der Waals surface area (Å²) in [5.74, 6) is -0.158. The van der Waals surface area contributed by atoms with E-state index in [1.807, 2.05) is 20.8 Å². The minimum atomic E-state index is -0.588. The first-order chi connectivity index (χ1) is 6.56. The van der Waals surface area contributed by atoms with Crippen molar-refractivity contribution in [1.29, 1.82) is 0 Å². The summed E-state index contributed by atoms with van der Waals surface area (Å²) in [5, 5.41) is 0. The second-order valence-electron chi connectivity index (χ2n) is 4.58. The average molecular weight is 198 g/mol. The van der Waals surface area contributed by atoms with Crippen molar-refractivity contribution < 1.29 is 14.3 Å². The van der Waals surface area contributed by atoms with Crippen LogP contribution in [-0.2, 0) is 14.3 Å². The Balaban J connectivity index is 2.04. The highest BCUT2D eigenvalue weighted by Gasteiger charge is 2.76. The second-order valence-corrected chi connectivity index (χ2v) is 4.58. The molecule has 0 aromatic carbocycles. The lowest BCUT2D eigenvalue weighted by molar-refractivity contribution is -0.154. The molecule has 1 spiro atoms. The lowest BCUT2D eigenvalue weighted by atomic mass is 9.74. The number of rotatable bonds is 3. The van der Waals surface area contributed by atoms with Gasteiger partial charge in [-0.15, -0.1) is 0 Å². The van der Waals surface area contributed by atoms with E-state index in [1.165, 1.54) is 6.42 Å². The van der Waals surface area contributed by atoms with Gasteiger partial charge in [-0.25, -0.2) is 4.79 Å². The Hall–Kier alpha value is -0.570. The van der Waals surface area contributed by atoms with Crippen molar-refractivity contribution in [2.75, 3.05) is 0 Å². The SMILES string of the molecule is CCC1(C(=O)OC(C)C)OC12CCC2. The molecule has 0 aromatic heterocycles. The fourth-order valence-corrected chi connectivity index (χ4v) is 2.39. The van der Waals surface area contributed by atoms with Gasteiger partial charge in [-0.2, -0.15) is 0 Å². The molecule has 1 aliphatic heterocycles. The molecule has 0 aromatic rings. The third kappa shape index (κ3) is 1.11. The summed E-state index contributed by atoms with van der Waals surface area (Å²) in [6, 6.07) is 0. The first-order valence-corrected chi connectivity index (χ1v) is 5.47. The van der Waals surface area contributed by atoms with Gasteiger partial charge in [0.15, 0.2) is 5.60 Å². The van der Waals surface area contributed by atoms with Gasteiger partial charge < -0.3 is 9.47 Å². The maximum absolute atomic E-state index is 11.8. The fourth-order valence-electron chi connectivity index (χ4n) is 2.39. The molecule has 0 bridgehead atoms. The number of ether oxygens (including phenoxy) is 2. The van der Waals surface area contributed by atoms with Crippen LogP contribution < -0.4 is 0 Å². The molecular weight excluding hydrogens is 180 g/mol. The summed E-state index contributed by atoms with van der Waals surface area (Å²) in [4.78, 5) is 11.8. The van der Waals surface area contributed by atoms with Crippen molar-refractivity contribution in [3.63, 3.8) is 0 Å². The summed E-state index contributed by atoms with van der Waals surface area (Å²) in [7, 11) is 0. The zero-order chi connectivity index (χ0) is 10.4. The number of hydrogen-bond donors (Lipinski definition) is 0. The van der Waals surface area contributed by atoms with E-state index < -0.39 is 5.60 Å². The van der Waals surface area contributed by atoms with Crippen LogP contribution in [0.4, 0.5) is 0 Å². The lowest BCUT2D eigenvalue weighted by Gasteiger charge is -2.25. The normalized spacial score (nSPS) is 32.9. The van der Waals surface area contributed by atoms with Crippen molar-refractivity contribution in [1.82, 2.24) is 0 Å². The smallest absolute Gasteiger partial charge is 0.341 e. The number of carbonyl (C=O) groups is 1. The van der Waals surface area contributed by atoms with E-state index in [2.05, 4.69) is 0 Å². The molecule has 2 rings (SSSR count). The van der Waals surface area contributed by atoms with Crippen LogP contribution in [0.15, 0.2) is 0 Å². The molecule has 80 valence electrons. The molecule has 2 fully saturated rings. The van der Waals surface area contributed by atoms with Crippen molar-refractivity contribution in [2.24, 2.45) is 0 Å². The summed E-state index contributed by atoms with van der Waals surface area (Å²) in [6.07, 6.45) is 3.91. The largest absolute Gasteiger partial charge is 0.461 e. The summed E-state index contributed by atoms with van der Waals surface area (Å²) >= 11 is 0. The van der Waals surface area contributed by atoms with Crippen molar-refractivity contribution >= 4 is 5.97 Å². The van der Waals surface area contributed by atoms with E-state index in [0.717, 1.165) is 19.3 Å². The van der Waals surface area contributed by atoms with Gasteiger partial charge in [0.1, 0.15) is 5.60 Å². The molecular formula is C11H18O3. The Labute approximate surface area is 84.8 Å². The van der Waals surface area contributed by atoms with Gasteiger partial charge in [0.2, 0.25) is 0 Å². The molecule has 3 heteroatoms. The predicted molar refractivity (Wildman–Crippen MR) is 51.9 cm³/mol. The number of epoxide rings is 1. The van der Waals surface area contributed by atoms with Crippen LogP contribution in [-0.4, -0.2) is 23.3 Å².